The van der Waals surface area contributed by atoms with E-state index in [0.29, 0.717) is 19.4 Å². The van der Waals surface area contributed by atoms with Crippen molar-refractivity contribution in [3.8, 4) is 0 Å². The molecule has 0 aliphatic carbocycles. The van der Waals surface area contributed by atoms with E-state index in [0.717, 1.165) is 32.2 Å². The first kappa shape index (κ1) is 16.2. The van der Waals surface area contributed by atoms with Gasteiger partial charge in [-0.2, -0.15) is 0 Å². The number of hydrogen-bond donors (Lipinski definition) is 2. The minimum absolute atomic E-state index is 0.0512. The van der Waals surface area contributed by atoms with Crippen LogP contribution in [0, 0.1) is 0 Å². The number of nitrogens with zero attached hydrogens (tertiary/aromatic N) is 2. The zero-order valence-corrected chi connectivity index (χ0v) is 11.8. The summed E-state index contributed by atoms with van der Waals surface area (Å²) in [5.41, 5.74) is 0. The Labute approximate surface area is 119 Å². The Hall–Kier alpha value is -1.85. The van der Waals surface area contributed by atoms with Crippen molar-refractivity contribution in [3.63, 3.8) is 0 Å². The standard InChI is InChI=1S/C14H23N3O3/c18-13(6-5-7-14(19)20)16-8-3-1-2-4-10-17-11-9-15-12-17/h9,11-12H,1-8,10H2,(H,16,18)(H,19,20). The first-order chi connectivity index (χ1) is 9.68. The zero-order valence-electron chi connectivity index (χ0n) is 11.8. The van der Waals surface area contributed by atoms with E-state index in [1.165, 1.54) is 0 Å². The quantitative estimate of drug-likeness (QED) is 0.606. The number of carbonyl (C=O) groups excluding carboxylic acids is 1. The van der Waals surface area contributed by atoms with Crippen molar-refractivity contribution in [2.75, 3.05) is 6.54 Å². The topological polar surface area (TPSA) is 84.2 Å². The molecule has 1 heterocycles. The lowest BCUT2D eigenvalue weighted by Crippen LogP contribution is -2.24. The molecule has 1 aromatic rings. The van der Waals surface area contributed by atoms with Gasteiger partial charge in [0.15, 0.2) is 0 Å². The Morgan fingerprint density at radius 1 is 1.10 bits per heavy atom. The third-order valence-electron chi connectivity index (χ3n) is 3.02. The molecule has 0 bridgehead atoms. The number of aromatic nitrogens is 2. The van der Waals surface area contributed by atoms with Crippen LogP contribution in [0.3, 0.4) is 0 Å². The molecule has 0 spiro atoms. The van der Waals surface area contributed by atoms with E-state index in [1.807, 2.05) is 12.5 Å². The van der Waals surface area contributed by atoms with Crippen LogP contribution in [0.5, 0.6) is 0 Å². The number of unbranched alkanes of at least 4 members (excludes halogenated alkanes) is 3. The van der Waals surface area contributed by atoms with Gasteiger partial charge in [-0.3, -0.25) is 9.59 Å². The summed E-state index contributed by atoms with van der Waals surface area (Å²) in [7, 11) is 0. The molecule has 0 saturated heterocycles. The maximum atomic E-state index is 11.4. The summed E-state index contributed by atoms with van der Waals surface area (Å²) >= 11 is 0. The van der Waals surface area contributed by atoms with Crippen LogP contribution in [0.25, 0.3) is 0 Å². The van der Waals surface area contributed by atoms with Crippen LogP contribution in [0.4, 0.5) is 0 Å². The van der Waals surface area contributed by atoms with Gasteiger partial charge in [0.05, 0.1) is 6.33 Å². The number of carbonyl (C=O) groups is 2. The highest BCUT2D eigenvalue weighted by atomic mass is 16.4. The molecule has 1 amide bonds. The fraction of sp³-hybridized carbons (Fsp3) is 0.643. The second kappa shape index (κ2) is 10.00. The summed E-state index contributed by atoms with van der Waals surface area (Å²) in [4.78, 5) is 25.6. The van der Waals surface area contributed by atoms with Crippen molar-refractivity contribution in [1.29, 1.82) is 0 Å². The second-order valence-corrected chi connectivity index (χ2v) is 4.81. The van der Waals surface area contributed by atoms with Crippen LogP contribution >= 0.6 is 0 Å². The Kier molecular flexibility index (Phi) is 8.10. The molecular formula is C14H23N3O3. The lowest BCUT2D eigenvalue weighted by Gasteiger charge is -2.05. The molecule has 20 heavy (non-hydrogen) atoms. The minimum Gasteiger partial charge on any atom is -0.481 e. The lowest BCUT2D eigenvalue weighted by atomic mass is 10.2. The zero-order chi connectivity index (χ0) is 14.6. The minimum atomic E-state index is -0.851. The molecular weight excluding hydrogens is 258 g/mol. The number of carboxylic acid groups (broad SMARTS) is 1. The molecule has 6 heteroatoms. The van der Waals surface area contributed by atoms with E-state index in [9.17, 15) is 9.59 Å². The maximum Gasteiger partial charge on any atom is 0.303 e. The van der Waals surface area contributed by atoms with Gasteiger partial charge < -0.3 is 15.0 Å². The molecule has 2 N–H and O–H groups in total. The van der Waals surface area contributed by atoms with Crippen LogP contribution in [-0.4, -0.2) is 33.1 Å². The van der Waals surface area contributed by atoms with E-state index < -0.39 is 5.97 Å². The van der Waals surface area contributed by atoms with Crippen molar-refractivity contribution < 1.29 is 14.7 Å². The highest BCUT2D eigenvalue weighted by Crippen LogP contribution is 2.02. The van der Waals surface area contributed by atoms with Crippen LogP contribution in [0.15, 0.2) is 18.7 Å². The number of amides is 1. The summed E-state index contributed by atoms with van der Waals surface area (Å²) in [6.07, 6.45) is 10.6. The average molecular weight is 281 g/mol. The van der Waals surface area contributed by atoms with Gasteiger partial charge >= 0.3 is 5.97 Å². The number of carboxylic acids is 1. The number of imidazole rings is 1. The highest BCUT2D eigenvalue weighted by Gasteiger charge is 2.02. The van der Waals surface area contributed by atoms with E-state index >= 15 is 0 Å². The van der Waals surface area contributed by atoms with Gasteiger partial charge in [0, 0.05) is 38.3 Å². The Bertz CT molecular complexity index is 390. The van der Waals surface area contributed by atoms with Crippen molar-refractivity contribution >= 4 is 11.9 Å². The monoisotopic (exact) mass is 281 g/mol. The normalized spacial score (nSPS) is 10.4. The van der Waals surface area contributed by atoms with E-state index in [1.54, 1.807) is 6.20 Å². The fourth-order valence-corrected chi connectivity index (χ4v) is 1.91. The molecule has 0 aromatic carbocycles. The van der Waals surface area contributed by atoms with Crippen LogP contribution in [0.1, 0.15) is 44.9 Å². The van der Waals surface area contributed by atoms with Crippen LogP contribution in [-0.2, 0) is 16.1 Å². The highest BCUT2D eigenvalue weighted by molar-refractivity contribution is 5.76. The summed E-state index contributed by atoms with van der Waals surface area (Å²) < 4.78 is 2.06. The molecule has 0 aliphatic heterocycles. The number of nitrogens with one attached hydrogen (secondary N) is 1. The van der Waals surface area contributed by atoms with Crippen molar-refractivity contribution in [3.05, 3.63) is 18.7 Å². The molecule has 0 aliphatic rings. The van der Waals surface area contributed by atoms with Gasteiger partial charge in [0.25, 0.3) is 0 Å². The molecule has 1 rings (SSSR count). The smallest absolute Gasteiger partial charge is 0.303 e. The molecule has 112 valence electrons. The fourth-order valence-electron chi connectivity index (χ4n) is 1.91. The second-order valence-electron chi connectivity index (χ2n) is 4.81. The molecule has 6 nitrogen and oxygen atoms in total. The molecule has 0 atom stereocenters. The lowest BCUT2D eigenvalue weighted by molar-refractivity contribution is -0.137. The number of aliphatic carboxylic acids is 1. The third kappa shape index (κ3) is 8.29. The van der Waals surface area contributed by atoms with E-state index in [2.05, 4.69) is 14.9 Å². The average Bonchev–Trinajstić information content (AvgIpc) is 2.90. The Morgan fingerprint density at radius 3 is 2.60 bits per heavy atom. The van der Waals surface area contributed by atoms with Crippen LogP contribution < -0.4 is 5.32 Å². The third-order valence-corrected chi connectivity index (χ3v) is 3.02. The molecule has 0 unspecified atom stereocenters. The van der Waals surface area contributed by atoms with Gasteiger partial charge in [-0.25, -0.2) is 4.98 Å². The van der Waals surface area contributed by atoms with Gasteiger partial charge in [-0.15, -0.1) is 0 Å². The van der Waals surface area contributed by atoms with E-state index in [4.69, 9.17) is 5.11 Å². The maximum absolute atomic E-state index is 11.4. The van der Waals surface area contributed by atoms with Crippen molar-refractivity contribution in [2.45, 2.75) is 51.5 Å². The van der Waals surface area contributed by atoms with E-state index in [-0.39, 0.29) is 12.3 Å². The van der Waals surface area contributed by atoms with Gasteiger partial charge in [-0.1, -0.05) is 12.8 Å². The number of hydrogen-bond acceptors (Lipinski definition) is 3. The molecule has 0 radical (unpaired) electrons. The predicted molar refractivity (Wildman–Crippen MR) is 75.2 cm³/mol. The van der Waals surface area contributed by atoms with Gasteiger partial charge in [0.1, 0.15) is 0 Å². The van der Waals surface area contributed by atoms with Gasteiger partial charge in [0.2, 0.25) is 5.91 Å². The SMILES string of the molecule is O=C(O)CCCC(=O)NCCCCCCn1ccnc1. The summed E-state index contributed by atoms with van der Waals surface area (Å²) in [6.45, 7) is 1.67. The summed E-state index contributed by atoms with van der Waals surface area (Å²) in [5, 5.41) is 11.3. The van der Waals surface area contributed by atoms with Gasteiger partial charge in [-0.05, 0) is 19.3 Å². The Balaban J connectivity index is 1.86. The number of aryl methyl sites for hydroxylation is 1. The number of rotatable bonds is 11. The molecule has 0 fully saturated rings. The van der Waals surface area contributed by atoms with Crippen LogP contribution in [0.2, 0.25) is 0 Å². The Morgan fingerprint density at radius 2 is 1.90 bits per heavy atom. The molecule has 0 saturated carbocycles. The first-order valence-electron chi connectivity index (χ1n) is 7.12. The largest absolute Gasteiger partial charge is 0.481 e. The van der Waals surface area contributed by atoms with Crippen molar-refractivity contribution in [2.24, 2.45) is 0 Å². The van der Waals surface area contributed by atoms with Crippen molar-refractivity contribution in [1.82, 2.24) is 14.9 Å². The first-order valence-corrected chi connectivity index (χ1v) is 7.12. The summed E-state index contributed by atoms with van der Waals surface area (Å²) in [6, 6.07) is 0. The molecule has 1 aromatic heterocycles. The summed E-state index contributed by atoms with van der Waals surface area (Å²) in [5.74, 6) is -0.902. The predicted octanol–water partition coefficient (Wildman–Crippen LogP) is 1.81.